The lowest BCUT2D eigenvalue weighted by atomic mass is 10.1. The third-order valence-electron chi connectivity index (χ3n) is 2.17. The Kier molecular flexibility index (Phi) is 2.63. The van der Waals surface area contributed by atoms with Gasteiger partial charge in [0.2, 0.25) is 0 Å². The minimum Gasteiger partial charge on any atom is -0.497 e. The van der Waals surface area contributed by atoms with Gasteiger partial charge in [0.15, 0.2) is 0 Å². The van der Waals surface area contributed by atoms with Crippen LogP contribution in [0.2, 0.25) is 0 Å². The first kappa shape index (κ1) is 9.00. The van der Waals surface area contributed by atoms with Crippen LogP contribution in [-0.4, -0.2) is 12.4 Å². The molecule has 0 atom stereocenters. The lowest BCUT2D eigenvalue weighted by Gasteiger charge is -2.14. The largest absolute Gasteiger partial charge is 0.497 e. The Hall–Kier alpha value is -1.57. The van der Waals surface area contributed by atoms with E-state index in [1.165, 1.54) is 0 Å². The fourth-order valence-electron chi connectivity index (χ4n) is 1.46. The van der Waals surface area contributed by atoms with Crippen molar-refractivity contribution in [1.29, 1.82) is 0 Å². The summed E-state index contributed by atoms with van der Waals surface area (Å²) < 4.78 is 5.39. The molecule has 72 valence electrons. The van der Waals surface area contributed by atoms with Gasteiger partial charge in [-0.1, -0.05) is 30.3 Å². The van der Waals surface area contributed by atoms with Gasteiger partial charge in [0.25, 0.3) is 0 Å². The van der Waals surface area contributed by atoms with E-state index in [-0.39, 0.29) is 5.78 Å². The maximum Gasteiger partial charge on any atom is 0.143 e. The second-order valence-corrected chi connectivity index (χ2v) is 3.34. The molecule has 1 fully saturated rings. The predicted molar refractivity (Wildman–Crippen MR) is 54.6 cm³/mol. The van der Waals surface area contributed by atoms with Gasteiger partial charge >= 0.3 is 0 Å². The Labute approximate surface area is 83.2 Å². The number of hydrogen-bond donors (Lipinski definition) is 0. The van der Waals surface area contributed by atoms with Crippen LogP contribution in [-0.2, 0) is 9.53 Å². The van der Waals surface area contributed by atoms with Crippen LogP contribution >= 0.6 is 0 Å². The van der Waals surface area contributed by atoms with Gasteiger partial charge in [-0.05, 0) is 11.6 Å². The fraction of sp³-hybridized carbons (Fsp3) is 0.250. The van der Waals surface area contributed by atoms with E-state index in [4.69, 9.17) is 4.74 Å². The summed E-state index contributed by atoms with van der Waals surface area (Å²) in [5.41, 5.74) is 1.08. The summed E-state index contributed by atoms with van der Waals surface area (Å²) in [5, 5.41) is 0. The molecule has 0 bridgehead atoms. The molecule has 1 aromatic rings. The van der Waals surface area contributed by atoms with Crippen molar-refractivity contribution in [2.75, 3.05) is 6.61 Å². The maximum absolute atomic E-state index is 11.1. The van der Waals surface area contributed by atoms with Crippen LogP contribution in [0.1, 0.15) is 18.4 Å². The number of carbonyl (C=O) groups is 1. The van der Waals surface area contributed by atoms with E-state index in [1.807, 2.05) is 36.4 Å². The average Bonchev–Trinajstić information content (AvgIpc) is 2.19. The van der Waals surface area contributed by atoms with Crippen LogP contribution in [0.3, 0.4) is 0 Å². The zero-order valence-corrected chi connectivity index (χ0v) is 7.90. The molecular formula is C12H12O2. The molecule has 1 heterocycles. The van der Waals surface area contributed by atoms with Crippen LogP contribution in [0, 0.1) is 0 Å². The molecule has 0 unspecified atom stereocenters. The molecule has 0 saturated carbocycles. The van der Waals surface area contributed by atoms with Crippen molar-refractivity contribution in [3.63, 3.8) is 0 Å². The Morgan fingerprint density at radius 1 is 1.21 bits per heavy atom. The van der Waals surface area contributed by atoms with Crippen molar-refractivity contribution in [1.82, 2.24) is 0 Å². The van der Waals surface area contributed by atoms with Gasteiger partial charge < -0.3 is 4.74 Å². The van der Waals surface area contributed by atoms with E-state index < -0.39 is 0 Å². The number of Topliss-reactive ketones (excluding diaryl/α,β-unsaturated/α-hetero) is 1. The minimum atomic E-state index is 0.262. The molecule has 0 amide bonds. The Balaban J connectivity index is 2.14. The quantitative estimate of drug-likeness (QED) is 0.676. The highest BCUT2D eigenvalue weighted by Crippen LogP contribution is 2.16. The second kappa shape index (κ2) is 4.09. The van der Waals surface area contributed by atoms with E-state index in [0.29, 0.717) is 19.4 Å². The van der Waals surface area contributed by atoms with Gasteiger partial charge in [-0.25, -0.2) is 0 Å². The van der Waals surface area contributed by atoms with Crippen molar-refractivity contribution in [2.24, 2.45) is 0 Å². The highest BCUT2D eigenvalue weighted by atomic mass is 16.5. The molecule has 2 rings (SSSR count). The molecule has 0 spiro atoms. The van der Waals surface area contributed by atoms with Gasteiger partial charge in [0.1, 0.15) is 11.5 Å². The summed E-state index contributed by atoms with van der Waals surface area (Å²) in [4.78, 5) is 11.1. The van der Waals surface area contributed by atoms with Crippen molar-refractivity contribution >= 4 is 11.9 Å². The first-order chi connectivity index (χ1) is 6.84. The fourth-order valence-corrected chi connectivity index (χ4v) is 1.46. The molecule has 2 heteroatoms. The van der Waals surface area contributed by atoms with Gasteiger partial charge in [0.05, 0.1) is 13.0 Å². The molecule has 1 aromatic carbocycles. The predicted octanol–water partition coefficient (Wildman–Crippen LogP) is 2.41. The number of carbonyl (C=O) groups excluding carboxylic acids is 1. The van der Waals surface area contributed by atoms with Crippen LogP contribution in [0.5, 0.6) is 0 Å². The smallest absolute Gasteiger partial charge is 0.143 e. The lowest BCUT2D eigenvalue weighted by molar-refractivity contribution is -0.121. The molecular weight excluding hydrogens is 176 g/mol. The van der Waals surface area contributed by atoms with E-state index in [9.17, 15) is 4.79 Å². The van der Waals surface area contributed by atoms with E-state index in [2.05, 4.69) is 0 Å². The Morgan fingerprint density at radius 3 is 2.71 bits per heavy atom. The third kappa shape index (κ3) is 2.22. The minimum absolute atomic E-state index is 0.262. The van der Waals surface area contributed by atoms with Gasteiger partial charge in [-0.15, -0.1) is 0 Å². The van der Waals surface area contributed by atoms with Crippen LogP contribution in [0.15, 0.2) is 36.1 Å². The zero-order chi connectivity index (χ0) is 9.80. The Bertz CT molecular complexity index is 352. The first-order valence-corrected chi connectivity index (χ1v) is 4.75. The van der Waals surface area contributed by atoms with Crippen molar-refractivity contribution in [3.05, 3.63) is 41.7 Å². The molecule has 0 radical (unpaired) electrons. The number of allylic oxidation sites excluding steroid dienone is 1. The van der Waals surface area contributed by atoms with Gasteiger partial charge in [-0.2, -0.15) is 0 Å². The highest BCUT2D eigenvalue weighted by molar-refractivity contribution is 5.82. The standard InChI is InChI=1S/C12H12O2/c13-11-6-7-14-12(9-11)8-10-4-2-1-3-5-10/h1-5,8H,6-7,9H2/b12-8+. The first-order valence-electron chi connectivity index (χ1n) is 4.75. The lowest BCUT2D eigenvalue weighted by Crippen LogP contribution is -2.12. The molecule has 2 nitrogen and oxygen atoms in total. The van der Waals surface area contributed by atoms with Crippen LogP contribution < -0.4 is 0 Å². The SMILES string of the molecule is O=C1CCO/C(=C/c2ccccc2)C1. The van der Waals surface area contributed by atoms with Crippen molar-refractivity contribution < 1.29 is 9.53 Å². The second-order valence-electron chi connectivity index (χ2n) is 3.34. The van der Waals surface area contributed by atoms with Crippen LogP contribution in [0.4, 0.5) is 0 Å². The van der Waals surface area contributed by atoms with Crippen LogP contribution in [0.25, 0.3) is 6.08 Å². The van der Waals surface area contributed by atoms with Gasteiger partial charge in [0, 0.05) is 6.42 Å². The van der Waals surface area contributed by atoms with Gasteiger partial charge in [-0.3, -0.25) is 4.79 Å². The molecule has 0 aliphatic carbocycles. The number of hydrogen-bond acceptors (Lipinski definition) is 2. The number of ether oxygens (including phenoxy) is 1. The summed E-state index contributed by atoms with van der Waals surface area (Å²) in [6.07, 6.45) is 2.91. The topological polar surface area (TPSA) is 26.3 Å². The molecule has 14 heavy (non-hydrogen) atoms. The molecule has 1 aliphatic heterocycles. The number of rotatable bonds is 1. The normalized spacial score (nSPS) is 19.4. The monoisotopic (exact) mass is 188 g/mol. The molecule has 1 saturated heterocycles. The summed E-state index contributed by atoms with van der Waals surface area (Å²) in [6, 6.07) is 9.90. The number of benzene rings is 1. The summed E-state index contributed by atoms with van der Waals surface area (Å²) >= 11 is 0. The number of ketones is 1. The third-order valence-corrected chi connectivity index (χ3v) is 2.17. The average molecular weight is 188 g/mol. The zero-order valence-electron chi connectivity index (χ0n) is 7.90. The Morgan fingerprint density at radius 2 is 2.00 bits per heavy atom. The summed E-state index contributed by atoms with van der Waals surface area (Å²) in [6.45, 7) is 0.525. The van der Waals surface area contributed by atoms with E-state index in [0.717, 1.165) is 11.3 Å². The molecule has 1 aliphatic rings. The molecule has 0 N–H and O–H groups in total. The van der Waals surface area contributed by atoms with E-state index in [1.54, 1.807) is 0 Å². The maximum atomic E-state index is 11.1. The van der Waals surface area contributed by atoms with Crippen molar-refractivity contribution in [3.8, 4) is 0 Å². The summed E-state index contributed by atoms with van der Waals surface area (Å²) in [5.74, 6) is 1.05. The summed E-state index contributed by atoms with van der Waals surface area (Å²) in [7, 11) is 0. The molecule has 0 aromatic heterocycles. The van der Waals surface area contributed by atoms with Crippen molar-refractivity contribution in [2.45, 2.75) is 12.8 Å². The van der Waals surface area contributed by atoms with E-state index >= 15 is 0 Å². The highest BCUT2D eigenvalue weighted by Gasteiger charge is 2.13.